The molecule has 0 bridgehead atoms. The molecule has 0 saturated carbocycles. The Kier molecular flexibility index (Phi) is 3.62. The number of rotatable bonds is 2. The predicted octanol–water partition coefficient (Wildman–Crippen LogP) is 6.40. The number of aryl methyl sites for hydroxylation is 2. The van der Waals surface area contributed by atoms with Crippen molar-refractivity contribution in [3.63, 3.8) is 0 Å². The van der Waals surface area contributed by atoms with Crippen molar-refractivity contribution in [1.29, 1.82) is 0 Å². The average molecular weight is 333 g/mol. The zero-order valence-corrected chi connectivity index (χ0v) is 14.4. The van der Waals surface area contributed by atoms with Crippen LogP contribution in [0.2, 0.25) is 5.02 Å². The van der Waals surface area contributed by atoms with Crippen LogP contribution in [-0.2, 0) is 0 Å². The minimum Gasteiger partial charge on any atom is -0.340 e. The minimum atomic E-state index is 0.753. The molecule has 1 heterocycles. The second kappa shape index (κ2) is 5.81. The molecule has 2 nitrogen and oxygen atoms in total. The van der Waals surface area contributed by atoms with E-state index in [2.05, 4.69) is 59.7 Å². The maximum atomic E-state index is 6.15. The van der Waals surface area contributed by atoms with E-state index in [1.807, 2.05) is 25.1 Å². The van der Waals surface area contributed by atoms with E-state index >= 15 is 0 Å². The molecule has 4 rings (SSSR count). The Balaban J connectivity index is 1.86. The molecule has 118 valence electrons. The summed E-state index contributed by atoms with van der Waals surface area (Å²) >= 11 is 6.15. The Morgan fingerprint density at radius 3 is 2.54 bits per heavy atom. The molecule has 0 amide bonds. The molecule has 0 atom stereocenters. The Bertz CT molecular complexity index is 1070. The van der Waals surface area contributed by atoms with Crippen LogP contribution in [0.1, 0.15) is 11.3 Å². The van der Waals surface area contributed by atoms with E-state index in [1.54, 1.807) is 0 Å². The van der Waals surface area contributed by atoms with Crippen molar-refractivity contribution < 1.29 is 0 Å². The summed E-state index contributed by atoms with van der Waals surface area (Å²) in [6.07, 6.45) is 0. The number of benzene rings is 3. The third kappa shape index (κ3) is 2.70. The van der Waals surface area contributed by atoms with Crippen LogP contribution in [0.3, 0.4) is 0 Å². The summed E-state index contributed by atoms with van der Waals surface area (Å²) in [4.78, 5) is 4.62. The largest absolute Gasteiger partial charge is 0.340 e. The maximum Gasteiger partial charge on any atom is 0.130 e. The summed E-state index contributed by atoms with van der Waals surface area (Å²) < 4.78 is 0. The number of pyridine rings is 1. The van der Waals surface area contributed by atoms with Gasteiger partial charge in [0, 0.05) is 21.8 Å². The Hall–Kier alpha value is -2.58. The fourth-order valence-electron chi connectivity index (χ4n) is 2.94. The molecular weight excluding hydrogens is 316 g/mol. The summed E-state index contributed by atoms with van der Waals surface area (Å²) in [7, 11) is 0. The first-order valence-electron chi connectivity index (χ1n) is 7.93. The van der Waals surface area contributed by atoms with Crippen LogP contribution in [0.15, 0.2) is 60.7 Å². The van der Waals surface area contributed by atoms with Crippen molar-refractivity contribution in [3.05, 3.63) is 76.9 Å². The number of hydrogen-bond donors (Lipinski definition) is 1. The van der Waals surface area contributed by atoms with Crippen molar-refractivity contribution >= 4 is 44.7 Å². The van der Waals surface area contributed by atoms with Crippen molar-refractivity contribution in [2.45, 2.75) is 13.8 Å². The van der Waals surface area contributed by atoms with Crippen LogP contribution < -0.4 is 5.32 Å². The fraction of sp³-hybridized carbons (Fsp3) is 0.0952. The first-order chi connectivity index (χ1) is 11.6. The number of aromatic nitrogens is 1. The van der Waals surface area contributed by atoms with Gasteiger partial charge in [-0.05, 0) is 72.0 Å². The fourth-order valence-corrected chi connectivity index (χ4v) is 3.12. The highest BCUT2D eigenvalue weighted by Gasteiger charge is 2.05. The molecule has 0 fully saturated rings. The summed E-state index contributed by atoms with van der Waals surface area (Å²) in [6, 6.07) is 20.7. The topological polar surface area (TPSA) is 24.9 Å². The maximum absolute atomic E-state index is 6.15. The number of nitrogens with zero attached hydrogens (tertiary/aromatic N) is 1. The quantitative estimate of drug-likeness (QED) is 0.429. The number of hydrogen-bond acceptors (Lipinski definition) is 2. The normalized spacial score (nSPS) is 11.1. The lowest BCUT2D eigenvalue weighted by atomic mass is 10.0. The van der Waals surface area contributed by atoms with Crippen LogP contribution >= 0.6 is 11.6 Å². The van der Waals surface area contributed by atoms with Gasteiger partial charge in [0.25, 0.3) is 0 Å². The summed E-state index contributed by atoms with van der Waals surface area (Å²) in [5.41, 5.74) is 3.28. The van der Waals surface area contributed by atoms with Crippen molar-refractivity contribution in [2.75, 3.05) is 5.32 Å². The summed E-state index contributed by atoms with van der Waals surface area (Å²) in [5, 5.41) is 8.88. The Labute approximate surface area is 146 Å². The minimum absolute atomic E-state index is 0.753. The molecule has 1 N–H and O–H groups in total. The molecular formula is C21H17ClN2. The molecule has 0 spiro atoms. The number of halogens is 1. The van der Waals surface area contributed by atoms with Crippen LogP contribution in [0.25, 0.3) is 21.5 Å². The molecule has 0 aliphatic rings. The molecule has 3 heteroatoms. The van der Waals surface area contributed by atoms with E-state index < -0.39 is 0 Å². The van der Waals surface area contributed by atoms with Gasteiger partial charge >= 0.3 is 0 Å². The predicted molar refractivity (Wildman–Crippen MR) is 103 cm³/mol. The lowest BCUT2D eigenvalue weighted by molar-refractivity contribution is 1.15. The Morgan fingerprint density at radius 1 is 0.833 bits per heavy atom. The van der Waals surface area contributed by atoms with Gasteiger partial charge in [-0.25, -0.2) is 4.98 Å². The molecule has 3 aromatic carbocycles. The van der Waals surface area contributed by atoms with Gasteiger partial charge in [-0.3, -0.25) is 0 Å². The number of fused-ring (bicyclic) bond motifs is 2. The molecule has 24 heavy (non-hydrogen) atoms. The summed E-state index contributed by atoms with van der Waals surface area (Å²) in [6.45, 7) is 4.10. The summed E-state index contributed by atoms with van der Waals surface area (Å²) in [5.74, 6) is 0.858. The second-order valence-corrected chi connectivity index (χ2v) is 6.53. The van der Waals surface area contributed by atoms with Crippen molar-refractivity contribution in [2.24, 2.45) is 0 Å². The highest BCUT2D eigenvalue weighted by Crippen LogP contribution is 2.31. The molecule has 0 aliphatic carbocycles. The Morgan fingerprint density at radius 2 is 1.71 bits per heavy atom. The van der Waals surface area contributed by atoms with E-state index in [0.29, 0.717) is 0 Å². The van der Waals surface area contributed by atoms with Crippen molar-refractivity contribution in [1.82, 2.24) is 4.98 Å². The molecule has 0 unspecified atom stereocenters. The molecule has 0 aliphatic heterocycles. The molecule has 0 saturated heterocycles. The lowest BCUT2D eigenvalue weighted by Gasteiger charge is -2.12. The number of anilines is 2. The second-order valence-electron chi connectivity index (χ2n) is 6.09. The van der Waals surface area contributed by atoms with Gasteiger partial charge in [0.15, 0.2) is 0 Å². The number of nitrogens with one attached hydrogen (secondary N) is 1. The van der Waals surface area contributed by atoms with Gasteiger partial charge in [0.1, 0.15) is 5.82 Å². The highest BCUT2D eigenvalue weighted by molar-refractivity contribution is 6.31. The van der Waals surface area contributed by atoms with Crippen LogP contribution in [-0.4, -0.2) is 4.98 Å². The first-order valence-corrected chi connectivity index (χ1v) is 8.31. The van der Waals surface area contributed by atoms with Gasteiger partial charge in [-0.15, -0.1) is 0 Å². The third-order valence-corrected chi connectivity index (χ3v) is 4.65. The lowest BCUT2D eigenvalue weighted by Crippen LogP contribution is -1.97. The van der Waals surface area contributed by atoms with Gasteiger partial charge in [0.2, 0.25) is 0 Å². The van der Waals surface area contributed by atoms with E-state index in [-0.39, 0.29) is 0 Å². The van der Waals surface area contributed by atoms with E-state index in [0.717, 1.165) is 33.0 Å². The van der Waals surface area contributed by atoms with Gasteiger partial charge < -0.3 is 5.32 Å². The van der Waals surface area contributed by atoms with Gasteiger partial charge in [-0.1, -0.05) is 35.9 Å². The zero-order valence-electron chi connectivity index (χ0n) is 13.6. The molecule has 0 radical (unpaired) electrons. The van der Waals surface area contributed by atoms with Crippen LogP contribution in [0.5, 0.6) is 0 Å². The SMILES string of the molecule is Cc1ccc(Nc2cccc3cc4ccc(Cl)cc4cc23)nc1C. The smallest absolute Gasteiger partial charge is 0.130 e. The van der Waals surface area contributed by atoms with Crippen LogP contribution in [0, 0.1) is 13.8 Å². The van der Waals surface area contributed by atoms with Crippen molar-refractivity contribution in [3.8, 4) is 0 Å². The van der Waals surface area contributed by atoms with Gasteiger partial charge in [0.05, 0.1) is 0 Å². The molecule has 4 aromatic rings. The van der Waals surface area contributed by atoms with E-state index in [9.17, 15) is 0 Å². The standard InChI is InChI=1S/C21H17ClN2/c1-13-6-9-21(23-14(13)2)24-20-5-3-4-16-10-15-7-8-18(22)11-17(15)12-19(16)20/h3-12H,1-2H3,(H,23,24). The molecule has 1 aromatic heterocycles. The average Bonchev–Trinajstić information content (AvgIpc) is 2.57. The third-order valence-electron chi connectivity index (χ3n) is 4.41. The van der Waals surface area contributed by atoms with E-state index in [1.165, 1.54) is 16.3 Å². The first kappa shape index (κ1) is 15.0. The highest BCUT2D eigenvalue weighted by atomic mass is 35.5. The van der Waals surface area contributed by atoms with Crippen LogP contribution in [0.4, 0.5) is 11.5 Å². The zero-order chi connectivity index (χ0) is 16.7. The van der Waals surface area contributed by atoms with Gasteiger partial charge in [-0.2, -0.15) is 0 Å². The van der Waals surface area contributed by atoms with E-state index in [4.69, 9.17) is 11.6 Å². The monoisotopic (exact) mass is 332 g/mol.